The molecule has 0 radical (unpaired) electrons. The third kappa shape index (κ3) is 6.27. The predicted octanol–water partition coefficient (Wildman–Crippen LogP) is 2.40. The van der Waals surface area contributed by atoms with Crippen LogP contribution in [-0.2, 0) is 4.74 Å². The van der Waals surface area contributed by atoms with Crippen molar-refractivity contribution in [2.45, 2.75) is 37.5 Å². The van der Waals surface area contributed by atoms with Gasteiger partial charge in [-0.1, -0.05) is 0 Å². The van der Waals surface area contributed by atoms with Crippen molar-refractivity contribution in [3.05, 3.63) is 0 Å². The average molecular weight is 243 g/mol. The second kappa shape index (κ2) is 5.96. The van der Waals surface area contributed by atoms with Gasteiger partial charge in [0.15, 0.2) is 0 Å². The van der Waals surface area contributed by atoms with Crippen LogP contribution < -0.4 is 5.32 Å². The zero-order valence-electron chi connectivity index (χ0n) is 8.64. The molecule has 2 unspecified atom stereocenters. The molecule has 1 aliphatic heterocycles. The molecule has 0 aromatic carbocycles. The maximum Gasteiger partial charge on any atom is 0.441 e. The summed E-state index contributed by atoms with van der Waals surface area (Å²) in [5.41, 5.74) is -4.11. The van der Waals surface area contributed by atoms with E-state index in [9.17, 15) is 13.2 Å². The van der Waals surface area contributed by atoms with Crippen molar-refractivity contribution in [2.75, 3.05) is 18.8 Å². The first-order valence-electron chi connectivity index (χ1n) is 5.04. The van der Waals surface area contributed by atoms with Crippen molar-refractivity contribution in [2.24, 2.45) is 0 Å². The molecule has 1 saturated heterocycles. The quantitative estimate of drug-likeness (QED) is 0.749. The van der Waals surface area contributed by atoms with Crippen molar-refractivity contribution in [1.29, 1.82) is 0 Å². The van der Waals surface area contributed by atoms with Crippen molar-refractivity contribution in [3.63, 3.8) is 0 Å². The van der Waals surface area contributed by atoms with E-state index < -0.39 is 5.51 Å². The predicted molar refractivity (Wildman–Crippen MR) is 55.0 cm³/mol. The van der Waals surface area contributed by atoms with Gasteiger partial charge in [0.1, 0.15) is 0 Å². The molecule has 6 heteroatoms. The van der Waals surface area contributed by atoms with Crippen molar-refractivity contribution >= 4 is 11.8 Å². The minimum absolute atomic E-state index is 0.0133. The van der Waals surface area contributed by atoms with E-state index in [1.807, 2.05) is 6.92 Å². The number of hydrogen-bond donors (Lipinski definition) is 1. The molecule has 15 heavy (non-hydrogen) atoms. The molecule has 0 saturated carbocycles. The van der Waals surface area contributed by atoms with Crippen molar-refractivity contribution in [1.82, 2.24) is 5.32 Å². The van der Waals surface area contributed by atoms with E-state index >= 15 is 0 Å². The lowest BCUT2D eigenvalue weighted by molar-refractivity contribution is -0.0327. The van der Waals surface area contributed by atoms with Gasteiger partial charge in [-0.3, -0.25) is 0 Å². The number of hydrogen-bond acceptors (Lipinski definition) is 3. The molecule has 0 bridgehead atoms. The normalized spacial score (nSPS) is 27.2. The Balaban J connectivity index is 1.93. The SMILES string of the molecule is CC1CCC(CNCCSC(F)(F)F)O1. The van der Waals surface area contributed by atoms with E-state index in [1.54, 1.807) is 0 Å². The molecule has 0 aliphatic carbocycles. The molecular formula is C9H16F3NOS. The van der Waals surface area contributed by atoms with Crippen LogP contribution in [0.4, 0.5) is 13.2 Å². The molecule has 2 nitrogen and oxygen atoms in total. The molecule has 1 heterocycles. The summed E-state index contributed by atoms with van der Waals surface area (Å²) in [6, 6.07) is 0. The highest BCUT2D eigenvalue weighted by atomic mass is 32.2. The second-order valence-electron chi connectivity index (χ2n) is 3.64. The molecule has 2 atom stereocenters. The molecule has 1 fully saturated rings. The van der Waals surface area contributed by atoms with E-state index in [0.717, 1.165) is 12.8 Å². The first kappa shape index (κ1) is 13.1. The third-order valence-corrected chi connectivity index (χ3v) is 2.97. The van der Waals surface area contributed by atoms with Crippen LogP contribution in [0, 0.1) is 0 Å². The van der Waals surface area contributed by atoms with Crippen LogP contribution in [0.25, 0.3) is 0 Å². The number of halogens is 3. The number of alkyl halides is 3. The zero-order chi connectivity index (χ0) is 11.3. The van der Waals surface area contributed by atoms with E-state index in [-0.39, 0.29) is 23.6 Å². The van der Waals surface area contributed by atoms with Gasteiger partial charge in [-0.05, 0) is 31.5 Å². The summed E-state index contributed by atoms with van der Waals surface area (Å²) in [4.78, 5) is 0. The summed E-state index contributed by atoms with van der Waals surface area (Å²) in [7, 11) is 0. The Bertz CT molecular complexity index is 189. The van der Waals surface area contributed by atoms with Crippen LogP contribution >= 0.6 is 11.8 Å². The summed E-state index contributed by atoms with van der Waals surface area (Å²) < 4.78 is 40.8. The molecular weight excluding hydrogens is 227 g/mol. The van der Waals surface area contributed by atoms with Crippen LogP contribution in [0.2, 0.25) is 0 Å². The Labute approximate surface area is 91.9 Å². The Hall–Kier alpha value is 0.0600. The van der Waals surface area contributed by atoms with Crippen molar-refractivity contribution < 1.29 is 17.9 Å². The first-order chi connectivity index (χ1) is 6.97. The van der Waals surface area contributed by atoms with Gasteiger partial charge >= 0.3 is 5.51 Å². The van der Waals surface area contributed by atoms with Gasteiger partial charge in [0, 0.05) is 18.8 Å². The minimum Gasteiger partial charge on any atom is -0.374 e. The fraction of sp³-hybridized carbons (Fsp3) is 1.00. The summed E-state index contributed by atoms with van der Waals surface area (Å²) in [6.07, 6.45) is 2.52. The molecule has 90 valence electrons. The van der Waals surface area contributed by atoms with Gasteiger partial charge in [-0.15, -0.1) is 0 Å². The van der Waals surface area contributed by atoms with Crippen LogP contribution in [-0.4, -0.2) is 36.6 Å². The second-order valence-corrected chi connectivity index (χ2v) is 4.80. The zero-order valence-corrected chi connectivity index (χ0v) is 9.46. The van der Waals surface area contributed by atoms with Gasteiger partial charge in [-0.25, -0.2) is 0 Å². The first-order valence-corrected chi connectivity index (χ1v) is 6.03. The molecule has 1 N–H and O–H groups in total. The minimum atomic E-state index is -4.11. The van der Waals surface area contributed by atoms with Crippen LogP contribution in [0.5, 0.6) is 0 Å². The average Bonchev–Trinajstić information content (AvgIpc) is 2.49. The lowest BCUT2D eigenvalue weighted by Crippen LogP contribution is -2.29. The summed E-state index contributed by atoms with van der Waals surface area (Å²) in [5, 5.41) is 2.97. The summed E-state index contributed by atoms with van der Waals surface area (Å²) in [5.74, 6) is 0.0613. The molecule has 0 aromatic heterocycles. The third-order valence-electron chi connectivity index (χ3n) is 2.24. The molecule has 0 aromatic rings. The fourth-order valence-electron chi connectivity index (χ4n) is 1.54. The Morgan fingerprint density at radius 1 is 1.40 bits per heavy atom. The van der Waals surface area contributed by atoms with Crippen LogP contribution in [0.15, 0.2) is 0 Å². The highest BCUT2D eigenvalue weighted by Crippen LogP contribution is 2.29. The van der Waals surface area contributed by atoms with E-state index in [2.05, 4.69) is 5.32 Å². The fourth-order valence-corrected chi connectivity index (χ4v) is 2.02. The molecule has 0 amide bonds. The maximum absolute atomic E-state index is 11.7. The standard InChI is InChI=1S/C9H16F3NOS/c1-7-2-3-8(14-7)6-13-4-5-15-9(10,11)12/h7-8,13H,2-6H2,1H3. The number of ether oxygens (including phenoxy) is 1. The summed E-state index contributed by atoms with van der Waals surface area (Å²) >= 11 is 0.0133. The summed E-state index contributed by atoms with van der Waals surface area (Å²) in [6.45, 7) is 3.04. The van der Waals surface area contributed by atoms with Gasteiger partial charge in [0.2, 0.25) is 0 Å². The monoisotopic (exact) mass is 243 g/mol. The lowest BCUT2D eigenvalue weighted by atomic mass is 10.2. The largest absolute Gasteiger partial charge is 0.441 e. The van der Waals surface area contributed by atoms with Crippen LogP contribution in [0.1, 0.15) is 19.8 Å². The van der Waals surface area contributed by atoms with E-state index in [1.165, 1.54) is 0 Å². The van der Waals surface area contributed by atoms with E-state index in [4.69, 9.17) is 4.74 Å². The van der Waals surface area contributed by atoms with E-state index in [0.29, 0.717) is 19.2 Å². The molecule has 1 rings (SSSR count). The van der Waals surface area contributed by atoms with Gasteiger partial charge < -0.3 is 10.1 Å². The van der Waals surface area contributed by atoms with Gasteiger partial charge in [0.05, 0.1) is 12.2 Å². The smallest absolute Gasteiger partial charge is 0.374 e. The number of thioether (sulfide) groups is 1. The van der Waals surface area contributed by atoms with Crippen molar-refractivity contribution in [3.8, 4) is 0 Å². The molecule has 0 spiro atoms. The Kier molecular flexibility index (Phi) is 5.22. The lowest BCUT2D eigenvalue weighted by Gasteiger charge is -2.12. The Morgan fingerprint density at radius 2 is 2.13 bits per heavy atom. The van der Waals surface area contributed by atoms with Crippen LogP contribution in [0.3, 0.4) is 0 Å². The highest BCUT2D eigenvalue weighted by molar-refractivity contribution is 8.00. The topological polar surface area (TPSA) is 21.3 Å². The highest BCUT2D eigenvalue weighted by Gasteiger charge is 2.27. The van der Waals surface area contributed by atoms with Gasteiger partial charge in [-0.2, -0.15) is 13.2 Å². The molecule has 1 aliphatic rings. The maximum atomic E-state index is 11.7. The number of nitrogens with one attached hydrogen (secondary N) is 1. The Morgan fingerprint density at radius 3 is 2.67 bits per heavy atom. The van der Waals surface area contributed by atoms with Gasteiger partial charge in [0.25, 0.3) is 0 Å². The number of rotatable bonds is 5.